The van der Waals surface area contributed by atoms with E-state index in [0.717, 1.165) is 90.1 Å². The molecule has 46 heavy (non-hydrogen) atoms. The van der Waals surface area contributed by atoms with Crippen molar-refractivity contribution in [2.75, 3.05) is 39.3 Å². The van der Waals surface area contributed by atoms with Gasteiger partial charge in [0.1, 0.15) is 35.7 Å². The molecule has 2 saturated heterocycles. The maximum atomic E-state index is 14.8. The lowest BCUT2D eigenvalue weighted by Gasteiger charge is -2.23. The minimum Gasteiger partial charge on any atom is -0.492 e. The predicted molar refractivity (Wildman–Crippen MR) is 175 cm³/mol. The Bertz CT molecular complexity index is 1990. The van der Waals surface area contributed by atoms with Gasteiger partial charge in [0.05, 0.1) is 34.6 Å². The van der Waals surface area contributed by atoms with Crippen molar-refractivity contribution in [2.24, 2.45) is 0 Å². The van der Waals surface area contributed by atoms with Crippen LogP contribution >= 0.6 is 0 Å². The Balaban J connectivity index is 1.08. The zero-order valence-electron chi connectivity index (χ0n) is 25.4. The van der Waals surface area contributed by atoms with E-state index < -0.39 is 0 Å². The van der Waals surface area contributed by atoms with Crippen molar-refractivity contribution in [1.29, 1.82) is 0 Å². The van der Waals surface area contributed by atoms with Crippen molar-refractivity contribution >= 4 is 21.9 Å². The van der Waals surface area contributed by atoms with E-state index in [2.05, 4.69) is 35.4 Å². The summed E-state index contributed by atoms with van der Waals surface area (Å²) in [6, 6.07) is 14.7. The van der Waals surface area contributed by atoms with Crippen LogP contribution in [0, 0.1) is 5.82 Å². The van der Waals surface area contributed by atoms with E-state index >= 15 is 0 Å². The second kappa shape index (κ2) is 12.5. The molecule has 4 aromatic heterocycles. The van der Waals surface area contributed by atoms with E-state index in [-0.39, 0.29) is 11.9 Å². The number of fused-ring (bicyclic) bond motifs is 2. The molecule has 8 rings (SSSR count). The van der Waals surface area contributed by atoms with Gasteiger partial charge < -0.3 is 19.8 Å². The van der Waals surface area contributed by atoms with Crippen LogP contribution in [0.15, 0.2) is 67.1 Å². The number of pyridine rings is 2. The van der Waals surface area contributed by atoms with E-state index in [9.17, 15) is 4.39 Å². The molecule has 0 bridgehead atoms. The Kier molecular flexibility index (Phi) is 7.77. The molecule has 0 unspecified atom stereocenters. The normalized spacial score (nSPS) is 16.0. The molecule has 0 atom stereocenters. The molecular weight excluding hydrogens is 583 g/mol. The average molecular weight is 619 g/mol. The van der Waals surface area contributed by atoms with E-state index in [1.54, 1.807) is 18.6 Å². The smallest absolute Gasteiger partial charge is 0.159 e. The molecule has 0 radical (unpaired) electrons. The van der Waals surface area contributed by atoms with Gasteiger partial charge >= 0.3 is 0 Å². The summed E-state index contributed by atoms with van der Waals surface area (Å²) in [6.07, 6.45) is 9.89. The van der Waals surface area contributed by atoms with Gasteiger partial charge in [-0.15, -0.1) is 0 Å². The lowest BCUT2D eigenvalue weighted by molar-refractivity contribution is 0.162. The third-order valence-corrected chi connectivity index (χ3v) is 8.84. The van der Waals surface area contributed by atoms with Gasteiger partial charge in [0.2, 0.25) is 0 Å². The predicted octanol–water partition coefficient (Wildman–Crippen LogP) is 5.97. The molecule has 11 heteroatoms. The number of piperidine rings is 1. The molecule has 10 nitrogen and oxygen atoms in total. The van der Waals surface area contributed by atoms with Crippen molar-refractivity contribution in [3.8, 4) is 45.4 Å². The Labute approximate surface area is 265 Å². The van der Waals surface area contributed by atoms with Crippen molar-refractivity contribution < 1.29 is 13.9 Å². The van der Waals surface area contributed by atoms with E-state index in [1.165, 1.54) is 25.0 Å². The van der Waals surface area contributed by atoms with Crippen LogP contribution in [0.5, 0.6) is 11.5 Å². The first-order chi connectivity index (χ1) is 22.7. The number of likely N-dealkylation sites (tertiary alicyclic amines) is 1. The number of rotatable bonds is 9. The van der Waals surface area contributed by atoms with Crippen LogP contribution in [0.1, 0.15) is 25.7 Å². The Hall–Kier alpha value is -4.87. The molecule has 0 spiro atoms. The second-order valence-electron chi connectivity index (χ2n) is 12.0. The van der Waals surface area contributed by atoms with Gasteiger partial charge in [-0.05, 0) is 87.8 Å². The first kappa shape index (κ1) is 28.6. The highest BCUT2D eigenvalue weighted by Crippen LogP contribution is 2.34. The number of benzene rings is 2. The SMILES string of the molecule is Fc1cc(OCCN2CCCC2)cc(-c2cccc3[nH]c(-c4n[nH]c5cnc(-c6cncc(OC7CCNCC7)c6)cc45)nc23)c1. The number of H-pyrrole nitrogens is 2. The van der Waals surface area contributed by atoms with E-state index in [4.69, 9.17) is 14.5 Å². The minimum atomic E-state index is -0.348. The molecule has 2 aliphatic heterocycles. The maximum absolute atomic E-state index is 14.8. The summed E-state index contributed by atoms with van der Waals surface area (Å²) in [5.41, 5.74) is 6.13. The molecule has 234 valence electrons. The molecule has 2 fully saturated rings. The fraction of sp³-hybridized carbons (Fsp3) is 0.314. The number of nitrogens with zero attached hydrogens (tertiary/aromatic N) is 5. The highest BCUT2D eigenvalue weighted by Gasteiger charge is 2.19. The lowest BCUT2D eigenvalue weighted by Crippen LogP contribution is -2.34. The average Bonchev–Trinajstić information content (AvgIpc) is 3.85. The fourth-order valence-electron chi connectivity index (χ4n) is 6.46. The zero-order valence-corrected chi connectivity index (χ0v) is 25.4. The van der Waals surface area contributed by atoms with Gasteiger partial charge in [-0.2, -0.15) is 5.10 Å². The van der Waals surface area contributed by atoms with Crippen molar-refractivity contribution in [3.05, 3.63) is 72.9 Å². The number of aromatic amines is 2. The topological polar surface area (TPSA) is 117 Å². The quantitative estimate of drug-likeness (QED) is 0.181. The van der Waals surface area contributed by atoms with Crippen LogP contribution in [0.3, 0.4) is 0 Å². The molecule has 6 heterocycles. The van der Waals surface area contributed by atoms with Gasteiger partial charge in [0, 0.05) is 35.3 Å². The summed E-state index contributed by atoms with van der Waals surface area (Å²) in [5.74, 6) is 1.51. The molecule has 3 N–H and O–H groups in total. The van der Waals surface area contributed by atoms with Gasteiger partial charge in [-0.3, -0.25) is 20.0 Å². The van der Waals surface area contributed by atoms with Gasteiger partial charge in [-0.25, -0.2) is 9.37 Å². The summed E-state index contributed by atoms with van der Waals surface area (Å²) >= 11 is 0. The molecule has 0 aliphatic carbocycles. The van der Waals surface area contributed by atoms with Gasteiger partial charge in [0.25, 0.3) is 0 Å². The lowest BCUT2D eigenvalue weighted by atomic mass is 10.0. The monoisotopic (exact) mass is 618 g/mol. The van der Waals surface area contributed by atoms with Crippen LogP contribution < -0.4 is 14.8 Å². The molecule has 6 aromatic rings. The number of hydrogen-bond acceptors (Lipinski definition) is 8. The number of halogens is 1. The van der Waals surface area contributed by atoms with Gasteiger partial charge in [-0.1, -0.05) is 12.1 Å². The molecule has 2 aliphatic rings. The van der Waals surface area contributed by atoms with Gasteiger partial charge in [0.15, 0.2) is 5.82 Å². The first-order valence-corrected chi connectivity index (χ1v) is 16.0. The molecule has 0 amide bonds. The van der Waals surface area contributed by atoms with Crippen molar-refractivity contribution in [2.45, 2.75) is 31.8 Å². The Morgan fingerprint density at radius 1 is 0.913 bits per heavy atom. The third-order valence-electron chi connectivity index (χ3n) is 8.84. The largest absolute Gasteiger partial charge is 0.492 e. The zero-order chi connectivity index (χ0) is 30.9. The molecule has 0 saturated carbocycles. The highest BCUT2D eigenvalue weighted by molar-refractivity contribution is 5.97. The van der Waals surface area contributed by atoms with Crippen LogP contribution in [-0.4, -0.2) is 80.5 Å². The number of imidazole rings is 1. The maximum Gasteiger partial charge on any atom is 0.159 e. The van der Waals surface area contributed by atoms with Crippen LogP contribution in [0.4, 0.5) is 4.39 Å². The first-order valence-electron chi connectivity index (χ1n) is 16.0. The number of aromatic nitrogens is 6. The molecular formula is C35H35FN8O2. The summed E-state index contributed by atoms with van der Waals surface area (Å²) in [5, 5.41) is 11.9. The summed E-state index contributed by atoms with van der Waals surface area (Å²) in [4.78, 5) is 19.9. The second-order valence-corrected chi connectivity index (χ2v) is 12.0. The minimum absolute atomic E-state index is 0.179. The highest BCUT2D eigenvalue weighted by atomic mass is 19.1. The third kappa shape index (κ3) is 5.91. The molecule has 2 aromatic carbocycles. The standard InChI is InChI=1S/C35H35FN8O2/c36-24-14-22(15-26(17-24)45-13-12-44-10-1-2-11-44)28-4-3-5-30-33(28)41-35(40-30)34-29-18-31(39-21-32(29)42-43-34)23-16-27(20-38-19-23)46-25-6-8-37-9-7-25/h3-5,14-21,25,37H,1-2,6-13H2,(H,40,41)(H,42,43). The summed E-state index contributed by atoms with van der Waals surface area (Å²) in [7, 11) is 0. The number of nitrogens with one attached hydrogen (secondary N) is 3. The fourth-order valence-corrected chi connectivity index (χ4v) is 6.46. The van der Waals surface area contributed by atoms with Crippen molar-refractivity contribution in [1.82, 2.24) is 40.3 Å². The summed E-state index contributed by atoms with van der Waals surface area (Å²) in [6.45, 7) is 5.48. The summed E-state index contributed by atoms with van der Waals surface area (Å²) < 4.78 is 27.0. The van der Waals surface area contributed by atoms with Crippen LogP contribution in [-0.2, 0) is 0 Å². The number of ether oxygens (including phenoxy) is 2. The van der Waals surface area contributed by atoms with Crippen LogP contribution in [0.2, 0.25) is 0 Å². The number of para-hydroxylation sites is 1. The Morgan fingerprint density at radius 2 is 1.78 bits per heavy atom. The van der Waals surface area contributed by atoms with Crippen LogP contribution in [0.25, 0.3) is 55.8 Å². The number of hydrogen-bond donors (Lipinski definition) is 3. The van der Waals surface area contributed by atoms with Crippen molar-refractivity contribution in [3.63, 3.8) is 0 Å². The van der Waals surface area contributed by atoms with E-state index in [0.29, 0.717) is 29.4 Å². The Morgan fingerprint density at radius 3 is 2.67 bits per heavy atom. The van der Waals surface area contributed by atoms with E-state index in [1.807, 2.05) is 36.4 Å².